The molecule has 0 heterocycles. The monoisotopic (exact) mass is 210 g/mol. The average Bonchev–Trinajstić information content (AvgIpc) is 2.24. The maximum Gasteiger partial charge on any atom is 0.303 e. The molecule has 0 saturated heterocycles. The minimum Gasteiger partial charge on any atom is -0.458 e. The molecular weight excluding hydrogens is 188 g/mol. The highest BCUT2D eigenvalue weighted by molar-refractivity contribution is 5.66. The number of esters is 1. The highest BCUT2D eigenvalue weighted by Gasteiger charge is 2.46. The number of ether oxygens (including phenoxy) is 1. The molecule has 0 spiro atoms. The van der Waals surface area contributed by atoms with Crippen LogP contribution in [0, 0.1) is 16.7 Å². The first kappa shape index (κ1) is 12.3. The molecule has 0 aromatic heterocycles. The first-order valence-electron chi connectivity index (χ1n) is 5.51. The van der Waals surface area contributed by atoms with E-state index >= 15 is 0 Å². The SMILES string of the molecule is CC(=O)O[C@H]1C=C[C@H](C(C)(C)C)C1(C)C. The standard InChI is InChI=1S/C13H22O2/c1-9(14)15-11-8-7-10(12(2,3)4)13(11,5)6/h7-8,10-11H,1-6H3/t10-,11+/m1/s1. The molecule has 0 aliphatic heterocycles. The van der Waals surface area contributed by atoms with Crippen LogP contribution in [0.2, 0.25) is 0 Å². The smallest absolute Gasteiger partial charge is 0.303 e. The van der Waals surface area contributed by atoms with Crippen LogP contribution in [0.15, 0.2) is 12.2 Å². The molecule has 2 atom stereocenters. The van der Waals surface area contributed by atoms with Crippen molar-refractivity contribution in [1.29, 1.82) is 0 Å². The van der Waals surface area contributed by atoms with Crippen LogP contribution in [-0.2, 0) is 9.53 Å². The Kier molecular flexibility index (Phi) is 2.99. The van der Waals surface area contributed by atoms with Crippen molar-refractivity contribution >= 4 is 5.97 Å². The molecule has 15 heavy (non-hydrogen) atoms. The van der Waals surface area contributed by atoms with Crippen LogP contribution in [0.3, 0.4) is 0 Å². The van der Waals surface area contributed by atoms with Crippen LogP contribution in [0.4, 0.5) is 0 Å². The van der Waals surface area contributed by atoms with Crippen LogP contribution in [-0.4, -0.2) is 12.1 Å². The van der Waals surface area contributed by atoms with E-state index in [-0.39, 0.29) is 22.9 Å². The zero-order valence-corrected chi connectivity index (χ0v) is 10.6. The molecule has 0 unspecified atom stereocenters. The lowest BCUT2D eigenvalue weighted by Gasteiger charge is -2.40. The van der Waals surface area contributed by atoms with Gasteiger partial charge in [0.25, 0.3) is 0 Å². The van der Waals surface area contributed by atoms with Gasteiger partial charge in [0.1, 0.15) is 6.10 Å². The molecular formula is C13H22O2. The van der Waals surface area contributed by atoms with Gasteiger partial charge in [0, 0.05) is 12.3 Å². The van der Waals surface area contributed by atoms with Gasteiger partial charge in [-0.2, -0.15) is 0 Å². The molecule has 2 heteroatoms. The van der Waals surface area contributed by atoms with Crippen molar-refractivity contribution in [2.24, 2.45) is 16.7 Å². The normalized spacial score (nSPS) is 29.2. The molecule has 0 radical (unpaired) electrons. The van der Waals surface area contributed by atoms with Crippen molar-refractivity contribution in [2.45, 2.75) is 47.6 Å². The summed E-state index contributed by atoms with van der Waals surface area (Å²) in [5.41, 5.74) is 0.193. The molecule has 0 aromatic carbocycles. The first-order chi connectivity index (χ1) is 6.65. The summed E-state index contributed by atoms with van der Waals surface area (Å²) < 4.78 is 5.33. The molecule has 2 nitrogen and oxygen atoms in total. The fraction of sp³-hybridized carbons (Fsp3) is 0.769. The van der Waals surface area contributed by atoms with E-state index < -0.39 is 0 Å². The summed E-state index contributed by atoms with van der Waals surface area (Å²) in [6, 6.07) is 0. The van der Waals surface area contributed by atoms with E-state index in [1.54, 1.807) is 0 Å². The number of allylic oxidation sites excluding steroid dienone is 1. The summed E-state index contributed by atoms with van der Waals surface area (Å²) in [6.07, 6.45) is 4.13. The van der Waals surface area contributed by atoms with E-state index in [9.17, 15) is 4.79 Å². The second-order valence-electron chi connectivity index (χ2n) is 6.08. The minimum atomic E-state index is -0.202. The first-order valence-corrected chi connectivity index (χ1v) is 5.51. The summed E-state index contributed by atoms with van der Waals surface area (Å²) in [5, 5.41) is 0. The molecule has 1 rings (SSSR count). The zero-order chi connectivity index (χ0) is 11.9. The molecule has 0 fully saturated rings. The van der Waals surface area contributed by atoms with E-state index in [0.717, 1.165) is 0 Å². The quantitative estimate of drug-likeness (QED) is 0.491. The largest absolute Gasteiger partial charge is 0.458 e. The Balaban J connectivity index is 2.85. The van der Waals surface area contributed by atoms with Crippen LogP contribution in [0.1, 0.15) is 41.5 Å². The lowest BCUT2D eigenvalue weighted by atomic mass is 9.67. The molecule has 86 valence electrons. The Hall–Kier alpha value is -0.790. The Morgan fingerprint density at radius 2 is 1.80 bits per heavy atom. The predicted octanol–water partition coefficient (Wildman–Crippen LogP) is 3.18. The van der Waals surface area contributed by atoms with Gasteiger partial charge in [0.05, 0.1) is 0 Å². The van der Waals surface area contributed by atoms with Gasteiger partial charge >= 0.3 is 5.97 Å². The van der Waals surface area contributed by atoms with Gasteiger partial charge in [-0.3, -0.25) is 4.79 Å². The highest BCUT2D eigenvalue weighted by Crippen LogP contribution is 2.48. The molecule has 0 amide bonds. The van der Waals surface area contributed by atoms with Gasteiger partial charge < -0.3 is 4.74 Å². The fourth-order valence-electron chi connectivity index (χ4n) is 2.66. The second kappa shape index (κ2) is 3.66. The summed E-state index contributed by atoms with van der Waals surface area (Å²) in [6.45, 7) is 12.5. The van der Waals surface area contributed by atoms with Gasteiger partial charge in [0.2, 0.25) is 0 Å². The van der Waals surface area contributed by atoms with Crippen molar-refractivity contribution in [3.05, 3.63) is 12.2 Å². The molecule has 0 N–H and O–H groups in total. The van der Waals surface area contributed by atoms with E-state index in [1.165, 1.54) is 6.92 Å². The lowest BCUT2D eigenvalue weighted by Crippen LogP contribution is -2.38. The summed E-state index contributed by atoms with van der Waals surface area (Å²) >= 11 is 0. The van der Waals surface area contributed by atoms with Crippen molar-refractivity contribution < 1.29 is 9.53 Å². The molecule has 1 aliphatic carbocycles. The van der Waals surface area contributed by atoms with Crippen LogP contribution >= 0.6 is 0 Å². The Labute approximate surface area is 92.7 Å². The van der Waals surface area contributed by atoms with Gasteiger partial charge in [0.15, 0.2) is 0 Å². The Morgan fingerprint density at radius 1 is 1.27 bits per heavy atom. The maximum absolute atomic E-state index is 11.0. The van der Waals surface area contributed by atoms with E-state index in [1.807, 2.05) is 6.08 Å². The van der Waals surface area contributed by atoms with Crippen molar-refractivity contribution in [3.63, 3.8) is 0 Å². The van der Waals surface area contributed by atoms with Gasteiger partial charge in [-0.1, -0.05) is 40.7 Å². The average molecular weight is 210 g/mol. The third kappa shape index (κ3) is 2.42. The van der Waals surface area contributed by atoms with E-state index in [0.29, 0.717) is 5.92 Å². The maximum atomic E-state index is 11.0. The van der Waals surface area contributed by atoms with Crippen molar-refractivity contribution in [1.82, 2.24) is 0 Å². The van der Waals surface area contributed by atoms with Gasteiger partial charge in [-0.05, 0) is 17.4 Å². The van der Waals surface area contributed by atoms with Gasteiger partial charge in [-0.15, -0.1) is 0 Å². The summed E-state index contributed by atoms with van der Waals surface area (Å²) in [4.78, 5) is 11.0. The van der Waals surface area contributed by atoms with Crippen LogP contribution in [0.25, 0.3) is 0 Å². The van der Waals surface area contributed by atoms with Crippen molar-refractivity contribution in [3.8, 4) is 0 Å². The van der Waals surface area contributed by atoms with Crippen LogP contribution in [0.5, 0.6) is 0 Å². The van der Waals surface area contributed by atoms with Crippen molar-refractivity contribution in [2.75, 3.05) is 0 Å². The number of carbonyl (C=O) groups excluding carboxylic acids is 1. The number of hydrogen-bond acceptors (Lipinski definition) is 2. The predicted molar refractivity (Wildman–Crippen MR) is 61.4 cm³/mol. The lowest BCUT2D eigenvalue weighted by molar-refractivity contribution is -0.150. The van der Waals surface area contributed by atoms with Crippen LogP contribution < -0.4 is 0 Å². The highest BCUT2D eigenvalue weighted by atomic mass is 16.5. The summed E-state index contributed by atoms with van der Waals surface area (Å²) in [5.74, 6) is 0.238. The Bertz CT molecular complexity index is 281. The number of rotatable bonds is 1. The minimum absolute atomic E-state index is 0.0100. The number of carbonyl (C=O) groups is 1. The van der Waals surface area contributed by atoms with Gasteiger partial charge in [-0.25, -0.2) is 0 Å². The topological polar surface area (TPSA) is 26.3 Å². The van der Waals surface area contributed by atoms with E-state index in [4.69, 9.17) is 4.74 Å². The summed E-state index contributed by atoms with van der Waals surface area (Å²) in [7, 11) is 0. The Morgan fingerprint density at radius 3 is 2.13 bits per heavy atom. The fourth-order valence-corrected chi connectivity index (χ4v) is 2.66. The third-order valence-corrected chi connectivity index (χ3v) is 3.24. The molecule has 0 saturated carbocycles. The van der Waals surface area contributed by atoms with E-state index in [2.05, 4.69) is 40.7 Å². The molecule has 0 bridgehead atoms. The molecule has 1 aliphatic rings. The second-order valence-corrected chi connectivity index (χ2v) is 6.08. The third-order valence-electron chi connectivity index (χ3n) is 3.24. The number of hydrogen-bond donors (Lipinski definition) is 0. The zero-order valence-electron chi connectivity index (χ0n) is 10.6. The molecule has 0 aromatic rings.